The average Bonchev–Trinajstić information content (AvgIpc) is 2.37. The van der Waals surface area contributed by atoms with Gasteiger partial charge in [-0.25, -0.2) is 0 Å². The molecule has 0 fully saturated rings. The number of hydrogen-bond donors (Lipinski definition) is 4. The zero-order chi connectivity index (χ0) is 14.4. The second-order valence-electron chi connectivity index (χ2n) is 5.39. The fourth-order valence-corrected chi connectivity index (χ4v) is 2.64. The number of rotatable bonds is 0. The summed E-state index contributed by atoms with van der Waals surface area (Å²) in [4.78, 5) is 0. The first-order valence-corrected chi connectivity index (χ1v) is 6.45. The van der Waals surface area contributed by atoms with Crippen molar-refractivity contribution in [1.29, 1.82) is 0 Å². The molecule has 1 aliphatic carbocycles. The second-order valence-corrected chi connectivity index (χ2v) is 5.39. The van der Waals surface area contributed by atoms with E-state index >= 15 is 0 Å². The molecule has 20 heavy (non-hydrogen) atoms. The van der Waals surface area contributed by atoms with Gasteiger partial charge in [-0.15, -0.1) is 0 Å². The molecule has 0 atom stereocenters. The van der Waals surface area contributed by atoms with Gasteiger partial charge in [-0.1, -0.05) is 42.5 Å². The average molecular weight is 272 g/mol. The molecule has 4 heteroatoms. The van der Waals surface area contributed by atoms with Crippen molar-refractivity contribution in [3.63, 3.8) is 0 Å². The van der Waals surface area contributed by atoms with Crippen molar-refractivity contribution in [3.8, 4) is 0 Å². The molecule has 0 heterocycles. The molecule has 0 aliphatic heterocycles. The summed E-state index contributed by atoms with van der Waals surface area (Å²) in [6.07, 6.45) is 0.0995. The van der Waals surface area contributed by atoms with Crippen LogP contribution >= 0.6 is 0 Å². The maximum atomic E-state index is 10.2. The van der Waals surface area contributed by atoms with Crippen LogP contribution in [-0.2, 0) is 24.4 Å². The zero-order valence-corrected chi connectivity index (χ0v) is 10.8. The van der Waals surface area contributed by atoms with Crippen LogP contribution in [0.3, 0.4) is 0 Å². The van der Waals surface area contributed by atoms with E-state index in [-0.39, 0.29) is 24.0 Å². The van der Waals surface area contributed by atoms with Gasteiger partial charge in [-0.2, -0.15) is 0 Å². The molecule has 3 rings (SSSR count). The van der Waals surface area contributed by atoms with Gasteiger partial charge in [-0.3, -0.25) is 0 Å². The summed E-state index contributed by atoms with van der Waals surface area (Å²) in [5.41, 5.74) is 1.95. The van der Waals surface area contributed by atoms with E-state index in [0.717, 1.165) is 11.1 Å². The molecule has 2 aromatic rings. The summed E-state index contributed by atoms with van der Waals surface area (Å²) in [6, 6.07) is 13.2. The Labute approximate surface area is 116 Å². The van der Waals surface area contributed by atoms with Crippen LogP contribution in [0.15, 0.2) is 48.5 Å². The Morgan fingerprint density at radius 3 is 1.60 bits per heavy atom. The molecule has 104 valence electrons. The van der Waals surface area contributed by atoms with Crippen LogP contribution in [0, 0.1) is 0 Å². The largest absolute Gasteiger partial charge is 0.362 e. The van der Waals surface area contributed by atoms with Crippen molar-refractivity contribution in [1.82, 2.24) is 0 Å². The predicted octanol–water partition coefficient (Wildman–Crippen LogP) is 0.760. The summed E-state index contributed by atoms with van der Waals surface area (Å²) < 4.78 is 0. The molecule has 0 spiro atoms. The fraction of sp³-hybridized carbons (Fsp3) is 0.250. The van der Waals surface area contributed by atoms with Crippen LogP contribution in [0.25, 0.3) is 0 Å². The summed E-state index contributed by atoms with van der Waals surface area (Å²) in [7, 11) is 0. The van der Waals surface area contributed by atoms with Gasteiger partial charge >= 0.3 is 0 Å². The van der Waals surface area contributed by atoms with E-state index < -0.39 is 11.6 Å². The van der Waals surface area contributed by atoms with Crippen LogP contribution in [0.1, 0.15) is 22.3 Å². The lowest BCUT2D eigenvalue weighted by Crippen LogP contribution is -2.32. The van der Waals surface area contributed by atoms with Gasteiger partial charge in [0.2, 0.25) is 0 Å². The maximum absolute atomic E-state index is 10.2. The SMILES string of the molecule is OC1(O)Cc2cccc(c2)CC(O)(O)c2cccc1c2. The summed E-state index contributed by atoms with van der Waals surface area (Å²) in [6.45, 7) is 0. The van der Waals surface area contributed by atoms with Crippen LogP contribution in [0.2, 0.25) is 0 Å². The zero-order valence-electron chi connectivity index (χ0n) is 10.8. The molecule has 0 unspecified atom stereocenters. The van der Waals surface area contributed by atoms with E-state index in [0.29, 0.717) is 0 Å². The maximum Gasteiger partial charge on any atom is 0.193 e. The van der Waals surface area contributed by atoms with Crippen LogP contribution in [-0.4, -0.2) is 20.4 Å². The minimum atomic E-state index is -2.04. The quantitative estimate of drug-likeness (QED) is 0.534. The third-order valence-electron chi connectivity index (χ3n) is 3.68. The highest BCUT2D eigenvalue weighted by Crippen LogP contribution is 2.31. The van der Waals surface area contributed by atoms with E-state index in [1.165, 1.54) is 6.07 Å². The monoisotopic (exact) mass is 272 g/mol. The minimum absolute atomic E-state index is 0.0498. The second kappa shape index (κ2) is 4.40. The normalized spacial score (nSPS) is 19.4. The molecule has 0 saturated carbocycles. The van der Waals surface area contributed by atoms with Crippen LogP contribution in [0.5, 0.6) is 0 Å². The Hall–Kier alpha value is -1.72. The minimum Gasteiger partial charge on any atom is -0.362 e. The highest BCUT2D eigenvalue weighted by Gasteiger charge is 2.32. The Bertz CT molecular complexity index is 598. The summed E-state index contributed by atoms with van der Waals surface area (Å²) >= 11 is 0. The molecular weight excluding hydrogens is 256 g/mol. The fourth-order valence-electron chi connectivity index (χ4n) is 2.64. The van der Waals surface area contributed by atoms with Crippen LogP contribution < -0.4 is 0 Å². The molecule has 0 radical (unpaired) electrons. The molecule has 1 aliphatic rings. The Morgan fingerprint density at radius 1 is 0.650 bits per heavy atom. The van der Waals surface area contributed by atoms with E-state index in [1.54, 1.807) is 42.5 Å². The van der Waals surface area contributed by atoms with Gasteiger partial charge in [0, 0.05) is 24.0 Å². The van der Waals surface area contributed by atoms with Gasteiger partial charge in [0.1, 0.15) is 0 Å². The lowest BCUT2D eigenvalue weighted by atomic mass is 9.89. The number of hydrogen-bond acceptors (Lipinski definition) is 4. The first kappa shape index (κ1) is 13.3. The van der Waals surface area contributed by atoms with Crippen molar-refractivity contribution in [2.75, 3.05) is 0 Å². The predicted molar refractivity (Wildman–Crippen MR) is 72.5 cm³/mol. The topological polar surface area (TPSA) is 80.9 Å². The van der Waals surface area contributed by atoms with Crippen molar-refractivity contribution < 1.29 is 20.4 Å². The van der Waals surface area contributed by atoms with E-state index in [9.17, 15) is 20.4 Å². The number of aliphatic hydroxyl groups is 4. The van der Waals surface area contributed by atoms with Crippen LogP contribution in [0.4, 0.5) is 0 Å². The Balaban J connectivity index is 2.20. The smallest absolute Gasteiger partial charge is 0.193 e. The summed E-state index contributed by atoms with van der Waals surface area (Å²) in [5.74, 6) is -4.08. The highest BCUT2D eigenvalue weighted by molar-refractivity contribution is 5.35. The third-order valence-corrected chi connectivity index (χ3v) is 3.68. The van der Waals surface area contributed by atoms with Gasteiger partial charge < -0.3 is 20.4 Å². The van der Waals surface area contributed by atoms with Crippen molar-refractivity contribution in [2.24, 2.45) is 0 Å². The molecule has 2 aromatic carbocycles. The standard InChI is InChI=1S/C16H16O4/c17-15(18)9-11-3-1-4-12(7-11)10-16(19,20)14-6-2-5-13(15)8-14/h1-8,17-20H,9-10H2. The van der Waals surface area contributed by atoms with Gasteiger partial charge in [0.15, 0.2) is 11.6 Å². The lowest BCUT2D eigenvalue weighted by molar-refractivity contribution is -0.173. The molecule has 4 N–H and O–H groups in total. The molecule has 0 saturated heterocycles. The van der Waals surface area contributed by atoms with Gasteiger partial charge in [-0.05, 0) is 17.2 Å². The van der Waals surface area contributed by atoms with Crippen molar-refractivity contribution in [3.05, 3.63) is 70.8 Å². The third kappa shape index (κ3) is 2.34. The number of benzene rings is 2. The van der Waals surface area contributed by atoms with Crippen molar-refractivity contribution in [2.45, 2.75) is 24.4 Å². The van der Waals surface area contributed by atoms with E-state index in [1.807, 2.05) is 0 Å². The van der Waals surface area contributed by atoms with Crippen molar-refractivity contribution >= 4 is 0 Å². The van der Waals surface area contributed by atoms with E-state index in [4.69, 9.17) is 0 Å². The molecule has 4 nitrogen and oxygen atoms in total. The molecule has 0 amide bonds. The van der Waals surface area contributed by atoms with E-state index in [2.05, 4.69) is 0 Å². The number of fused-ring (bicyclic) bond motifs is 4. The summed E-state index contributed by atoms with van der Waals surface area (Å²) in [5, 5.41) is 41.0. The Kier molecular flexibility index (Phi) is 2.92. The highest BCUT2D eigenvalue weighted by atomic mass is 16.5. The molecule has 0 aromatic heterocycles. The van der Waals surface area contributed by atoms with Gasteiger partial charge in [0.25, 0.3) is 0 Å². The first-order chi connectivity index (χ1) is 9.37. The molecule has 4 bridgehead atoms. The first-order valence-electron chi connectivity index (χ1n) is 6.45. The molecular formula is C16H16O4. The van der Waals surface area contributed by atoms with Gasteiger partial charge in [0.05, 0.1) is 0 Å². The lowest BCUT2D eigenvalue weighted by Gasteiger charge is -2.28. The Morgan fingerprint density at radius 2 is 1.10 bits per heavy atom.